The number of ether oxygens (including phenoxy) is 1. The van der Waals surface area contributed by atoms with Crippen molar-refractivity contribution >= 4 is 23.5 Å². The van der Waals surface area contributed by atoms with Gasteiger partial charge < -0.3 is 14.7 Å². The van der Waals surface area contributed by atoms with Crippen molar-refractivity contribution in [1.29, 1.82) is 0 Å². The Bertz CT molecular complexity index is 644. The van der Waals surface area contributed by atoms with Crippen molar-refractivity contribution in [2.45, 2.75) is 45.8 Å². The molecule has 1 unspecified atom stereocenters. The summed E-state index contributed by atoms with van der Waals surface area (Å²) in [6, 6.07) is 5.67. The quantitative estimate of drug-likeness (QED) is 0.785. The zero-order valence-corrected chi connectivity index (χ0v) is 16.3. The first kappa shape index (κ1) is 20.5. The molecule has 7 heteroatoms. The van der Waals surface area contributed by atoms with Crippen LogP contribution in [0.1, 0.15) is 32.3 Å². The Labute approximate surface area is 159 Å². The molecule has 0 spiro atoms. The van der Waals surface area contributed by atoms with E-state index in [0.717, 1.165) is 18.4 Å². The lowest BCUT2D eigenvalue weighted by atomic mass is 10.0. The van der Waals surface area contributed by atoms with E-state index in [1.54, 1.807) is 17.9 Å². The molecule has 1 atom stereocenters. The Balaban J connectivity index is 1.91. The highest BCUT2D eigenvalue weighted by molar-refractivity contribution is 6.32. The van der Waals surface area contributed by atoms with Gasteiger partial charge in [-0.3, -0.25) is 14.5 Å². The van der Waals surface area contributed by atoms with Crippen LogP contribution in [-0.4, -0.2) is 65.1 Å². The second kappa shape index (κ2) is 9.24. The number of carboxylic acid groups (broad SMARTS) is 1. The van der Waals surface area contributed by atoms with Crippen LogP contribution in [0, 0.1) is 6.92 Å². The average molecular weight is 383 g/mol. The van der Waals surface area contributed by atoms with Crippen LogP contribution in [0.25, 0.3) is 0 Å². The smallest absolute Gasteiger partial charge is 0.317 e. The lowest BCUT2D eigenvalue weighted by Crippen LogP contribution is -2.50. The molecule has 1 aromatic rings. The zero-order valence-electron chi connectivity index (χ0n) is 15.6. The Morgan fingerprint density at radius 3 is 2.62 bits per heavy atom. The molecule has 1 N–H and O–H groups in total. The predicted molar refractivity (Wildman–Crippen MR) is 101 cm³/mol. The fourth-order valence-electron chi connectivity index (χ4n) is 3.32. The number of rotatable bonds is 7. The van der Waals surface area contributed by atoms with E-state index in [-0.39, 0.29) is 18.5 Å². The van der Waals surface area contributed by atoms with Crippen LogP contribution in [0.4, 0.5) is 0 Å². The van der Waals surface area contributed by atoms with Crippen LogP contribution in [-0.2, 0) is 9.59 Å². The number of nitrogens with zero attached hydrogens (tertiary/aromatic N) is 2. The molecule has 1 aliphatic rings. The van der Waals surface area contributed by atoms with Gasteiger partial charge in [0.05, 0.1) is 11.6 Å². The number of likely N-dealkylation sites (tertiary alicyclic amines) is 1. The molecular formula is C19H27ClN2O4. The molecule has 2 rings (SSSR count). The lowest BCUT2D eigenvalue weighted by molar-refractivity contribution is -0.142. The number of benzene rings is 1. The maximum Gasteiger partial charge on any atom is 0.317 e. The largest absolute Gasteiger partial charge is 0.480 e. The number of amides is 1. The van der Waals surface area contributed by atoms with Crippen molar-refractivity contribution in [3.8, 4) is 5.75 Å². The number of carboxylic acids is 1. The van der Waals surface area contributed by atoms with Gasteiger partial charge >= 0.3 is 5.97 Å². The average Bonchev–Trinajstić information content (AvgIpc) is 2.62. The Kier molecular flexibility index (Phi) is 7.29. The second-order valence-electron chi connectivity index (χ2n) is 6.71. The summed E-state index contributed by atoms with van der Waals surface area (Å²) in [6.07, 6.45) is 0.919. The fraction of sp³-hybridized carbons (Fsp3) is 0.579. The van der Waals surface area contributed by atoms with Crippen LogP contribution < -0.4 is 4.74 Å². The molecule has 6 nitrogen and oxygen atoms in total. The van der Waals surface area contributed by atoms with E-state index in [2.05, 4.69) is 0 Å². The van der Waals surface area contributed by atoms with Crippen LogP contribution in [0.15, 0.2) is 18.2 Å². The van der Waals surface area contributed by atoms with Gasteiger partial charge in [-0.05, 0) is 50.9 Å². The predicted octanol–water partition coefficient (Wildman–Crippen LogP) is 2.81. The van der Waals surface area contributed by atoms with Crippen molar-refractivity contribution in [3.63, 3.8) is 0 Å². The van der Waals surface area contributed by atoms with Gasteiger partial charge in [-0.25, -0.2) is 0 Å². The van der Waals surface area contributed by atoms with Gasteiger partial charge in [0.2, 0.25) is 0 Å². The zero-order chi connectivity index (χ0) is 19.3. The minimum atomic E-state index is -0.817. The molecule has 0 radical (unpaired) electrons. The summed E-state index contributed by atoms with van der Waals surface area (Å²) in [7, 11) is 0. The van der Waals surface area contributed by atoms with Gasteiger partial charge in [0.1, 0.15) is 5.75 Å². The maximum absolute atomic E-state index is 12.7. The third-order valence-electron chi connectivity index (χ3n) is 4.78. The number of piperidine rings is 1. The van der Waals surface area contributed by atoms with E-state index in [0.29, 0.717) is 30.4 Å². The summed E-state index contributed by atoms with van der Waals surface area (Å²) in [4.78, 5) is 27.4. The highest BCUT2D eigenvalue weighted by Gasteiger charge is 2.30. The van der Waals surface area contributed by atoms with Crippen molar-refractivity contribution in [2.75, 3.05) is 26.2 Å². The molecule has 144 valence electrons. The molecule has 0 aromatic heterocycles. The van der Waals surface area contributed by atoms with Crippen LogP contribution in [0.3, 0.4) is 0 Å². The maximum atomic E-state index is 12.7. The molecule has 26 heavy (non-hydrogen) atoms. The van der Waals surface area contributed by atoms with Gasteiger partial charge in [0.15, 0.2) is 6.10 Å². The van der Waals surface area contributed by atoms with Crippen molar-refractivity contribution < 1.29 is 19.4 Å². The van der Waals surface area contributed by atoms with Crippen LogP contribution >= 0.6 is 11.6 Å². The Morgan fingerprint density at radius 1 is 1.38 bits per heavy atom. The molecule has 0 bridgehead atoms. The first-order valence-electron chi connectivity index (χ1n) is 8.99. The third kappa shape index (κ3) is 5.35. The summed E-state index contributed by atoms with van der Waals surface area (Å²) >= 11 is 6.14. The van der Waals surface area contributed by atoms with E-state index in [9.17, 15) is 9.59 Å². The number of likely N-dealkylation sites (N-methyl/N-ethyl adjacent to an activating group) is 1. The number of hydrogen-bond acceptors (Lipinski definition) is 4. The summed E-state index contributed by atoms with van der Waals surface area (Å²) in [5.41, 5.74) is 1.02. The standard InChI is InChI=1S/C19H27ClN2O4/c1-4-21(12-18(23)24)15-7-9-22(10-8-15)19(25)14(3)26-17-11-13(2)5-6-16(17)20/h5-6,11,14-15H,4,7-10,12H2,1-3H3,(H,23,24). The normalized spacial score (nSPS) is 16.6. The summed E-state index contributed by atoms with van der Waals surface area (Å²) in [6.45, 7) is 7.58. The van der Waals surface area contributed by atoms with E-state index in [4.69, 9.17) is 21.4 Å². The SMILES string of the molecule is CCN(CC(=O)O)C1CCN(C(=O)C(C)Oc2cc(C)ccc2Cl)CC1. The van der Waals surface area contributed by atoms with Crippen molar-refractivity contribution in [2.24, 2.45) is 0 Å². The molecule has 0 aliphatic carbocycles. The first-order chi connectivity index (χ1) is 12.3. The van der Waals surface area contributed by atoms with E-state index < -0.39 is 12.1 Å². The topological polar surface area (TPSA) is 70.1 Å². The van der Waals surface area contributed by atoms with E-state index in [1.807, 2.05) is 30.9 Å². The number of carbonyl (C=O) groups excluding carboxylic acids is 1. The monoisotopic (exact) mass is 382 g/mol. The summed E-state index contributed by atoms with van der Waals surface area (Å²) < 4.78 is 5.78. The first-order valence-corrected chi connectivity index (χ1v) is 9.37. The van der Waals surface area contributed by atoms with Crippen LogP contribution in [0.2, 0.25) is 5.02 Å². The number of aliphatic carboxylic acids is 1. The Hall–Kier alpha value is -1.79. The third-order valence-corrected chi connectivity index (χ3v) is 5.09. The van der Waals surface area contributed by atoms with E-state index in [1.165, 1.54) is 0 Å². The fourth-order valence-corrected chi connectivity index (χ4v) is 3.49. The van der Waals surface area contributed by atoms with Gasteiger partial charge in [-0.15, -0.1) is 0 Å². The van der Waals surface area contributed by atoms with Gasteiger partial charge in [0, 0.05) is 19.1 Å². The van der Waals surface area contributed by atoms with Gasteiger partial charge in [0.25, 0.3) is 5.91 Å². The molecule has 0 saturated carbocycles. The lowest BCUT2D eigenvalue weighted by Gasteiger charge is -2.38. The molecule has 1 amide bonds. The Morgan fingerprint density at radius 2 is 2.04 bits per heavy atom. The number of carbonyl (C=O) groups is 2. The molecule has 1 aliphatic heterocycles. The van der Waals surface area contributed by atoms with E-state index >= 15 is 0 Å². The summed E-state index contributed by atoms with van der Waals surface area (Å²) in [5.74, 6) is -0.370. The van der Waals surface area contributed by atoms with Crippen molar-refractivity contribution in [1.82, 2.24) is 9.80 Å². The van der Waals surface area contributed by atoms with Crippen molar-refractivity contribution in [3.05, 3.63) is 28.8 Å². The second-order valence-corrected chi connectivity index (χ2v) is 7.11. The highest BCUT2D eigenvalue weighted by Crippen LogP contribution is 2.27. The van der Waals surface area contributed by atoms with Crippen LogP contribution in [0.5, 0.6) is 5.75 Å². The minimum absolute atomic E-state index is 0.0421. The molecule has 1 heterocycles. The van der Waals surface area contributed by atoms with Gasteiger partial charge in [-0.2, -0.15) is 0 Å². The highest BCUT2D eigenvalue weighted by atomic mass is 35.5. The molecule has 1 fully saturated rings. The van der Waals surface area contributed by atoms with Gasteiger partial charge in [-0.1, -0.05) is 24.6 Å². The molecular weight excluding hydrogens is 356 g/mol. The number of aryl methyl sites for hydroxylation is 1. The minimum Gasteiger partial charge on any atom is -0.480 e. The number of hydrogen-bond donors (Lipinski definition) is 1. The summed E-state index contributed by atoms with van der Waals surface area (Å²) in [5, 5.41) is 9.49. The number of halogens is 1. The molecule has 1 saturated heterocycles. The molecule has 1 aromatic carbocycles.